The third-order valence-electron chi connectivity index (χ3n) is 2.13. The van der Waals surface area contributed by atoms with Gasteiger partial charge in [0.15, 0.2) is 0 Å². The second-order valence-electron chi connectivity index (χ2n) is 3.23. The minimum atomic E-state index is -0.707. The van der Waals surface area contributed by atoms with E-state index in [2.05, 4.69) is 5.11 Å². The molecule has 0 bridgehead atoms. The van der Waals surface area contributed by atoms with Crippen molar-refractivity contribution in [3.63, 3.8) is 0 Å². The molecule has 0 atom stereocenters. The minimum absolute atomic E-state index is 0.0974. The molecule has 1 aromatic carbocycles. The maximum Gasteiger partial charge on any atom is 0.639 e. The van der Waals surface area contributed by atoms with Gasteiger partial charge in [-0.1, -0.05) is 0 Å². The van der Waals surface area contributed by atoms with E-state index < -0.39 is 7.32 Å². The van der Waals surface area contributed by atoms with Crippen molar-refractivity contribution in [1.82, 2.24) is 0 Å². The summed E-state index contributed by atoms with van der Waals surface area (Å²) in [4.78, 5) is 0. The Kier molecular flexibility index (Phi) is 3.60. The highest BCUT2D eigenvalue weighted by Crippen LogP contribution is 2.21. The zero-order chi connectivity index (χ0) is 11.4. The van der Waals surface area contributed by atoms with Crippen molar-refractivity contribution in [3.8, 4) is 0 Å². The molecule has 1 heterocycles. The first kappa shape index (κ1) is 11.2. The fourth-order valence-corrected chi connectivity index (χ4v) is 1.37. The average molecular weight is 224 g/mol. The highest BCUT2D eigenvalue weighted by Gasteiger charge is 2.26. The van der Waals surface area contributed by atoms with Crippen LogP contribution in [0.1, 0.15) is 5.56 Å². The molecule has 16 heavy (non-hydrogen) atoms. The van der Waals surface area contributed by atoms with Crippen LogP contribution in [0.15, 0.2) is 23.3 Å². The van der Waals surface area contributed by atoms with E-state index in [1.54, 1.807) is 0 Å². The first-order valence-electron chi connectivity index (χ1n) is 4.80. The van der Waals surface area contributed by atoms with Crippen LogP contribution in [0.25, 0.3) is 0 Å². The summed E-state index contributed by atoms with van der Waals surface area (Å²) in [6.07, 6.45) is 0. The molecule has 84 valence electrons. The van der Waals surface area contributed by atoms with E-state index in [0.717, 1.165) is 0 Å². The van der Waals surface area contributed by atoms with Gasteiger partial charge in [0, 0.05) is 5.56 Å². The number of rotatable bonds is 4. The lowest BCUT2D eigenvalue weighted by atomic mass is 10.1. The number of benzene rings is 1. The molecule has 0 saturated carbocycles. The van der Waals surface area contributed by atoms with Crippen LogP contribution in [0.3, 0.4) is 0 Å². The molecule has 1 aliphatic rings. The maximum absolute atomic E-state index is 13.0. The zero-order valence-electron chi connectivity index (χ0n) is 8.48. The molecule has 1 saturated heterocycles. The summed E-state index contributed by atoms with van der Waals surface area (Å²) in [7, 11) is -0.707. The normalized spacial score (nSPS) is 15.4. The van der Waals surface area contributed by atoms with Crippen LogP contribution in [-0.4, -0.2) is 20.5 Å². The van der Waals surface area contributed by atoms with Crippen molar-refractivity contribution in [2.24, 2.45) is 5.11 Å². The van der Waals surface area contributed by atoms with Crippen LogP contribution in [-0.2, 0) is 20.6 Å². The van der Waals surface area contributed by atoms with Gasteiger partial charge in [0.25, 0.3) is 0 Å². The van der Waals surface area contributed by atoms with Crippen molar-refractivity contribution in [3.05, 3.63) is 29.6 Å². The molecule has 0 aliphatic carbocycles. The van der Waals surface area contributed by atoms with E-state index in [-0.39, 0.29) is 12.4 Å². The number of hydrogen-bond donors (Lipinski definition) is 1. The summed E-state index contributed by atoms with van der Waals surface area (Å²) in [6, 6.07) is 3.96. The first-order chi connectivity index (χ1) is 7.79. The summed E-state index contributed by atoms with van der Waals surface area (Å²) in [5.41, 5.74) is 7.80. The lowest BCUT2D eigenvalue weighted by molar-refractivity contribution is 0.170. The third-order valence-corrected chi connectivity index (χ3v) is 2.13. The second kappa shape index (κ2) is 5.15. The second-order valence-corrected chi connectivity index (χ2v) is 3.23. The first-order valence-corrected chi connectivity index (χ1v) is 4.80. The van der Waals surface area contributed by atoms with E-state index in [4.69, 9.17) is 19.5 Å². The molecule has 1 aromatic rings. The monoisotopic (exact) mass is 224 g/mol. The Hall–Kier alpha value is -1.31. The van der Waals surface area contributed by atoms with Gasteiger partial charge < -0.3 is 14.0 Å². The van der Waals surface area contributed by atoms with Crippen molar-refractivity contribution < 1.29 is 18.4 Å². The zero-order valence-corrected chi connectivity index (χ0v) is 8.48. The molecule has 5 nitrogen and oxygen atoms in total. The molecule has 0 radical (unpaired) electrons. The number of nitrogens with zero attached hydrogens (tertiary/aromatic N) is 1. The van der Waals surface area contributed by atoms with Crippen LogP contribution in [0.4, 0.5) is 10.1 Å². The van der Waals surface area contributed by atoms with Gasteiger partial charge >= 0.3 is 7.32 Å². The predicted octanol–water partition coefficient (Wildman–Crippen LogP) is 2.04. The van der Waals surface area contributed by atoms with Crippen molar-refractivity contribution >= 4 is 13.0 Å². The average Bonchev–Trinajstić information content (AvgIpc) is 2.79. The van der Waals surface area contributed by atoms with Crippen molar-refractivity contribution in [2.75, 3.05) is 13.2 Å². The van der Waals surface area contributed by atoms with E-state index >= 15 is 0 Å². The Balaban J connectivity index is 2.01. The fourth-order valence-electron chi connectivity index (χ4n) is 1.37. The number of halogens is 1. The van der Waals surface area contributed by atoms with Gasteiger partial charge in [0.2, 0.25) is 0 Å². The molecule has 0 unspecified atom stereocenters. The van der Waals surface area contributed by atoms with Gasteiger partial charge in [-0.15, -0.1) is 0 Å². The van der Waals surface area contributed by atoms with Gasteiger partial charge in [-0.3, -0.25) is 0 Å². The van der Waals surface area contributed by atoms with Gasteiger partial charge in [-0.2, -0.15) is 5.11 Å². The van der Waals surface area contributed by atoms with E-state index in [0.29, 0.717) is 24.5 Å². The summed E-state index contributed by atoms with van der Waals surface area (Å²) in [5, 5.41) is 3.28. The van der Waals surface area contributed by atoms with Gasteiger partial charge in [0.05, 0.1) is 25.5 Å². The predicted molar refractivity (Wildman–Crippen MR) is 53.7 cm³/mol. The Labute approximate surface area is 92.2 Å². The van der Waals surface area contributed by atoms with E-state index in [1.807, 2.05) is 0 Å². The number of nitrogens with one attached hydrogen (secondary N) is 1. The molecule has 1 fully saturated rings. The summed E-state index contributed by atoms with van der Waals surface area (Å²) < 4.78 is 28.3. The van der Waals surface area contributed by atoms with Crippen molar-refractivity contribution in [1.29, 1.82) is 5.53 Å². The molecule has 7 heteroatoms. The summed E-state index contributed by atoms with van der Waals surface area (Å²) in [5.74, 6) is -0.390. The summed E-state index contributed by atoms with van der Waals surface area (Å²) >= 11 is 0. The quantitative estimate of drug-likeness (QED) is 0.628. The van der Waals surface area contributed by atoms with Crippen LogP contribution >= 0.6 is 0 Å². The molecular formula is C9H10BFN2O3. The third kappa shape index (κ3) is 2.63. The molecule has 0 spiro atoms. The molecule has 0 aromatic heterocycles. The SMILES string of the molecule is N=Nc1ccc(F)cc1COB1OCCO1. The largest absolute Gasteiger partial charge is 0.639 e. The molecule has 1 aliphatic heterocycles. The van der Waals surface area contributed by atoms with Crippen molar-refractivity contribution in [2.45, 2.75) is 6.61 Å². The minimum Gasteiger partial charge on any atom is -0.384 e. The smallest absolute Gasteiger partial charge is 0.384 e. The van der Waals surface area contributed by atoms with Crippen LogP contribution in [0, 0.1) is 11.3 Å². The molecular weight excluding hydrogens is 214 g/mol. The Morgan fingerprint density at radius 2 is 2.19 bits per heavy atom. The standard InChI is InChI=1S/C9H10BFN2O3/c11-8-1-2-9(13-12)7(5-8)6-16-10-14-3-4-15-10/h1-2,5,12H,3-4,6H2. The highest BCUT2D eigenvalue weighted by molar-refractivity contribution is 6.36. The molecule has 0 amide bonds. The lowest BCUT2D eigenvalue weighted by Crippen LogP contribution is -2.19. The molecule has 2 rings (SSSR count). The van der Waals surface area contributed by atoms with Crippen LogP contribution in [0.5, 0.6) is 0 Å². The lowest BCUT2D eigenvalue weighted by Gasteiger charge is -2.07. The Morgan fingerprint density at radius 1 is 1.44 bits per heavy atom. The summed E-state index contributed by atoms with van der Waals surface area (Å²) in [6.45, 7) is 1.08. The van der Waals surface area contributed by atoms with E-state index in [9.17, 15) is 4.39 Å². The Bertz CT molecular complexity index is 385. The molecule has 1 N–H and O–H groups in total. The van der Waals surface area contributed by atoms with Gasteiger partial charge in [0.1, 0.15) is 5.82 Å². The Morgan fingerprint density at radius 3 is 2.88 bits per heavy atom. The number of hydrogen-bond acceptors (Lipinski definition) is 5. The maximum atomic E-state index is 13.0. The topological polar surface area (TPSA) is 63.9 Å². The van der Waals surface area contributed by atoms with Gasteiger partial charge in [-0.25, -0.2) is 9.92 Å². The fraction of sp³-hybridized carbons (Fsp3) is 0.333. The van der Waals surface area contributed by atoms with Crippen LogP contribution < -0.4 is 0 Å². The van der Waals surface area contributed by atoms with Crippen LogP contribution in [0.2, 0.25) is 0 Å². The highest BCUT2D eigenvalue weighted by atomic mass is 19.1. The van der Waals surface area contributed by atoms with Gasteiger partial charge in [-0.05, 0) is 18.2 Å². The van der Waals surface area contributed by atoms with E-state index in [1.165, 1.54) is 18.2 Å².